The monoisotopic (exact) mass is 636 g/mol. The van der Waals surface area contributed by atoms with Crippen LogP contribution in [0.25, 0.3) is 0 Å². The molecule has 268 valence electrons. The van der Waals surface area contributed by atoms with E-state index >= 15 is 0 Å². The molecule has 0 heterocycles. The molecule has 0 aliphatic carbocycles. The molecule has 0 bridgehead atoms. The molecule has 0 fully saturated rings. The van der Waals surface area contributed by atoms with Crippen LogP contribution in [0.5, 0.6) is 0 Å². The van der Waals surface area contributed by atoms with Crippen molar-refractivity contribution in [1.82, 2.24) is 5.32 Å². The highest BCUT2D eigenvalue weighted by atomic mass is 16.3. The van der Waals surface area contributed by atoms with E-state index in [2.05, 4.69) is 31.3 Å². The summed E-state index contributed by atoms with van der Waals surface area (Å²) in [5.74, 6) is -0.0417. The van der Waals surface area contributed by atoms with Crippen LogP contribution in [0.2, 0.25) is 0 Å². The highest BCUT2D eigenvalue weighted by molar-refractivity contribution is 5.76. The van der Waals surface area contributed by atoms with Crippen LogP contribution in [0.1, 0.15) is 226 Å². The number of hydrogen-bond acceptors (Lipinski definition) is 3. The van der Waals surface area contributed by atoms with Gasteiger partial charge in [-0.05, 0) is 32.1 Å². The van der Waals surface area contributed by atoms with E-state index in [-0.39, 0.29) is 12.5 Å². The lowest BCUT2D eigenvalue weighted by Crippen LogP contribution is -2.45. The summed E-state index contributed by atoms with van der Waals surface area (Å²) in [5, 5.41) is 23.1. The van der Waals surface area contributed by atoms with Gasteiger partial charge in [0.05, 0.1) is 18.8 Å². The molecular weight excluding hydrogens is 554 g/mol. The van der Waals surface area contributed by atoms with E-state index in [0.717, 1.165) is 32.1 Å². The first kappa shape index (κ1) is 44.1. The third-order valence-corrected chi connectivity index (χ3v) is 9.51. The van der Waals surface area contributed by atoms with Crippen molar-refractivity contribution >= 4 is 5.91 Å². The SMILES string of the molecule is CCC/C=C\CCCCCCCC(=O)NC(CO)C(O)CCCCCCCCCCCCCCCCCCCCCCCCC. The molecule has 0 saturated heterocycles. The molecule has 2 atom stereocenters. The number of aliphatic hydroxyl groups is 2. The molecule has 3 N–H and O–H groups in total. The molecule has 4 heteroatoms. The third kappa shape index (κ3) is 34.3. The minimum atomic E-state index is -0.658. The number of unbranched alkanes of at least 4 members (excludes halogenated alkanes) is 28. The maximum atomic E-state index is 12.3. The number of aliphatic hydroxyl groups excluding tert-OH is 2. The molecule has 4 nitrogen and oxygen atoms in total. The lowest BCUT2D eigenvalue weighted by atomic mass is 10.0. The van der Waals surface area contributed by atoms with Crippen LogP contribution in [0.4, 0.5) is 0 Å². The predicted molar refractivity (Wildman–Crippen MR) is 198 cm³/mol. The second kappa shape index (κ2) is 37.6. The van der Waals surface area contributed by atoms with Gasteiger partial charge in [0.1, 0.15) is 0 Å². The van der Waals surface area contributed by atoms with Crippen molar-refractivity contribution in [2.45, 2.75) is 238 Å². The highest BCUT2D eigenvalue weighted by Gasteiger charge is 2.19. The summed E-state index contributed by atoms with van der Waals surface area (Å²) < 4.78 is 0. The predicted octanol–water partition coefficient (Wildman–Crippen LogP) is 12.3. The fourth-order valence-corrected chi connectivity index (χ4v) is 6.36. The maximum Gasteiger partial charge on any atom is 0.220 e. The summed E-state index contributed by atoms with van der Waals surface area (Å²) in [4.78, 5) is 12.3. The first-order chi connectivity index (χ1) is 22.2. The van der Waals surface area contributed by atoms with Gasteiger partial charge in [-0.2, -0.15) is 0 Å². The minimum absolute atomic E-state index is 0.0417. The minimum Gasteiger partial charge on any atom is -0.394 e. The quantitative estimate of drug-likeness (QED) is 0.0470. The topological polar surface area (TPSA) is 69.6 Å². The number of allylic oxidation sites excluding steroid dienone is 2. The van der Waals surface area contributed by atoms with Gasteiger partial charge in [-0.25, -0.2) is 0 Å². The standard InChI is InChI=1S/C41H81NO3/c1-3-5-7-9-11-13-15-16-17-18-19-20-21-22-23-24-25-26-27-28-30-32-34-36-40(44)39(38-43)42-41(45)37-35-33-31-29-14-12-10-8-6-4-2/h8,10,39-40,43-44H,3-7,9,11-38H2,1-2H3,(H,42,45)/b10-8-. The van der Waals surface area contributed by atoms with Crippen LogP contribution in [0.3, 0.4) is 0 Å². The molecule has 0 aromatic heterocycles. The van der Waals surface area contributed by atoms with Gasteiger partial charge in [0.2, 0.25) is 5.91 Å². The number of carbonyl (C=O) groups excluding carboxylic acids is 1. The number of rotatable bonds is 37. The summed E-state index contributed by atoms with van der Waals surface area (Å²) in [6.07, 6.45) is 45.8. The zero-order valence-electron chi connectivity index (χ0n) is 30.7. The van der Waals surface area contributed by atoms with Crippen LogP contribution in [0, 0.1) is 0 Å². The van der Waals surface area contributed by atoms with E-state index in [4.69, 9.17) is 0 Å². The Bertz CT molecular complexity index is 608. The lowest BCUT2D eigenvalue weighted by molar-refractivity contribution is -0.123. The second-order valence-corrected chi connectivity index (χ2v) is 14.1. The third-order valence-electron chi connectivity index (χ3n) is 9.51. The number of amides is 1. The van der Waals surface area contributed by atoms with Crippen LogP contribution in [-0.2, 0) is 4.79 Å². The molecule has 0 aromatic carbocycles. The van der Waals surface area contributed by atoms with Crippen molar-refractivity contribution in [2.75, 3.05) is 6.61 Å². The Labute approximate surface area is 282 Å². The summed E-state index contributed by atoms with van der Waals surface area (Å²) in [6.45, 7) is 4.30. The van der Waals surface area contributed by atoms with Crippen LogP contribution in [0.15, 0.2) is 12.2 Å². The van der Waals surface area contributed by atoms with Gasteiger partial charge in [0.15, 0.2) is 0 Å². The fraction of sp³-hybridized carbons (Fsp3) is 0.927. The Morgan fingerprint density at radius 3 is 1.31 bits per heavy atom. The molecule has 0 aromatic rings. The Balaban J connectivity index is 3.44. The van der Waals surface area contributed by atoms with E-state index in [1.54, 1.807) is 0 Å². The molecule has 45 heavy (non-hydrogen) atoms. The van der Waals surface area contributed by atoms with Gasteiger partial charge in [-0.15, -0.1) is 0 Å². The summed E-state index contributed by atoms with van der Waals surface area (Å²) >= 11 is 0. The summed E-state index contributed by atoms with van der Waals surface area (Å²) in [6, 6.07) is -0.535. The van der Waals surface area contributed by atoms with Crippen molar-refractivity contribution in [2.24, 2.45) is 0 Å². The van der Waals surface area contributed by atoms with E-state index in [9.17, 15) is 15.0 Å². The van der Waals surface area contributed by atoms with Crippen LogP contribution < -0.4 is 5.32 Å². The number of hydrogen-bond donors (Lipinski definition) is 3. The normalized spacial score (nSPS) is 13.1. The van der Waals surface area contributed by atoms with Crippen molar-refractivity contribution in [3.63, 3.8) is 0 Å². The summed E-state index contributed by atoms with van der Waals surface area (Å²) in [7, 11) is 0. The van der Waals surface area contributed by atoms with Crippen molar-refractivity contribution in [3.05, 3.63) is 12.2 Å². The molecule has 0 spiro atoms. The number of nitrogens with one attached hydrogen (secondary N) is 1. The van der Waals surface area contributed by atoms with Gasteiger partial charge in [0.25, 0.3) is 0 Å². The zero-order valence-corrected chi connectivity index (χ0v) is 30.7. The van der Waals surface area contributed by atoms with E-state index in [1.807, 2.05) is 0 Å². The van der Waals surface area contributed by atoms with E-state index < -0.39 is 12.1 Å². The molecule has 0 aliphatic heterocycles. The first-order valence-corrected chi connectivity index (χ1v) is 20.4. The van der Waals surface area contributed by atoms with Crippen molar-refractivity contribution in [3.8, 4) is 0 Å². The fourth-order valence-electron chi connectivity index (χ4n) is 6.36. The largest absolute Gasteiger partial charge is 0.394 e. The van der Waals surface area contributed by atoms with Gasteiger partial charge >= 0.3 is 0 Å². The second-order valence-electron chi connectivity index (χ2n) is 14.1. The van der Waals surface area contributed by atoms with Crippen LogP contribution >= 0.6 is 0 Å². The van der Waals surface area contributed by atoms with E-state index in [0.29, 0.717) is 12.8 Å². The van der Waals surface area contributed by atoms with Crippen LogP contribution in [-0.4, -0.2) is 34.9 Å². The molecule has 0 aliphatic rings. The van der Waals surface area contributed by atoms with Crippen molar-refractivity contribution in [1.29, 1.82) is 0 Å². The first-order valence-electron chi connectivity index (χ1n) is 20.4. The average Bonchev–Trinajstić information content (AvgIpc) is 3.04. The zero-order chi connectivity index (χ0) is 32.9. The Hall–Kier alpha value is -0.870. The lowest BCUT2D eigenvalue weighted by Gasteiger charge is -2.22. The Morgan fingerprint density at radius 2 is 0.889 bits per heavy atom. The highest BCUT2D eigenvalue weighted by Crippen LogP contribution is 2.16. The Kier molecular flexibility index (Phi) is 36.9. The smallest absolute Gasteiger partial charge is 0.220 e. The van der Waals surface area contributed by atoms with Gasteiger partial charge < -0.3 is 15.5 Å². The van der Waals surface area contributed by atoms with Gasteiger partial charge in [-0.3, -0.25) is 4.79 Å². The van der Waals surface area contributed by atoms with Gasteiger partial charge in [0, 0.05) is 6.42 Å². The molecule has 1 amide bonds. The summed E-state index contributed by atoms with van der Waals surface area (Å²) in [5.41, 5.74) is 0. The average molecular weight is 636 g/mol. The van der Waals surface area contributed by atoms with E-state index in [1.165, 1.54) is 167 Å². The molecular formula is C41H81NO3. The van der Waals surface area contributed by atoms with Gasteiger partial charge in [-0.1, -0.05) is 199 Å². The molecule has 2 unspecified atom stereocenters. The Morgan fingerprint density at radius 1 is 0.511 bits per heavy atom. The molecule has 0 saturated carbocycles. The molecule has 0 rings (SSSR count). The maximum absolute atomic E-state index is 12.3. The van der Waals surface area contributed by atoms with Crippen molar-refractivity contribution < 1.29 is 15.0 Å². The number of carbonyl (C=O) groups is 1. The molecule has 0 radical (unpaired) electrons.